The molecule has 0 radical (unpaired) electrons. The van der Waals surface area contributed by atoms with Crippen LogP contribution in [0.15, 0.2) is 11.6 Å². The molecule has 1 atom stereocenters. The summed E-state index contributed by atoms with van der Waals surface area (Å²) >= 11 is 1.52. The van der Waals surface area contributed by atoms with Crippen molar-refractivity contribution < 1.29 is 8.42 Å². The summed E-state index contributed by atoms with van der Waals surface area (Å²) in [5.74, 6) is 0.445. The van der Waals surface area contributed by atoms with Crippen LogP contribution in [0, 0.1) is 0 Å². The van der Waals surface area contributed by atoms with Gasteiger partial charge in [-0.3, -0.25) is 0 Å². The van der Waals surface area contributed by atoms with Crippen molar-refractivity contribution in [1.29, 1.82) is 0 Å². The third kappa shape index (κ3) is 2.07. The zero-order chi connectivity index (χ0) is 10.9. The summed E-state index contributed by atoms with van der Waals surface area (Å²) in [6.45, 7) is 2.75. The Morgan fingerprint density at radius 3 is 2.93 bits per heavy atom. The Kier molecular flexibility index (Phi) is 2.83. The van der Waals surface area contributed by atoms with E-state index in [4.69, 9.17) is 0 Å². The Bertz CT molecular complexity index is 427. The molecule has 0 aromatic carbocycles. The first kappa shape index (κ1) is 11.0. The second-order valence-corrected chi connectivity index (χ2v) is 6.87. The molecule has 84 valence electrons. The molecule has 1 aliphatic rings. The van der Waals surface area contributed by atoms with Crippen LogP contribution in [-0.2, 0) is 15.4 Å². The summed E-state index contributed by atoms with van der Waals surface area (Å²) in [6.07, 6.45) is 2.36. The van der Waals surface area contributed by atoms with Crippen molar-refractivity contribution in [3.8, 4) is 0 Å². The lowest BCUT2D eigenvalue weighted by Crippen LogP contribution is -2.43. The van der Waals surface area contributed by atoms with Crippen molar-refractivity contribution in [2.75, 3.05) is 18.1 Å². The Labute approximate surface area is 93.7 Å². The molecule has 1 unspecified atom stereocenters. The molecule has 1 aromatic rings. The van der Waals surface area contributed by atoms with Gasteiger partial charge in [0.25, 0.3) is 0 Å². The fourth-order valence-electron chi connectivity index (χ4n) is 2.03. The lowest BCUT2D eigenvalue weighted by atomic mass is 10.00. The topological polar surface area (TPSA) is 59.1 Å². The predicted molar refractivity (Wildman–Crippen MR) is 60.7 cm³/mol. The molecule has 0 aliphatic carbocycles. The molecule has 1 fully saturated rings. The van der Waals surface area contributed by atoms with Crippen LogP contribution in [0.25, 0.3) is 0 Å². The van der Waals surface area contributed by atoms with E-state index < -0.39 is 15.4 Å². The van der Waals surface area contributed by atoms with Gasteiger partial charge in [-0.15, -0.1) is 11.3 Å². The van der Waals surface area contributed by atoms with E-state index in [1.54, 1.807) is 6.20 Å². The molecule has 0 bridgehead atoms. The van der Waals surface area contributed by atoms with Crippen molar-refractivity contribution in [1.82, 2.24) is 10.3 Å². The minimum atomic E-state index is -2.90. The van der Waals surface area contributed by atoms with Crippen LogP contribution >= 0.6 is 11.3 Å². The van der Waals surface area contributed by atoms with Crippen LogP contribution in [-0.4, -0.2) is 31.5 Å². The van der Waals surface area contributed by atoms with Gasteiger partial charge in [-0.2, -0.15) is 0 Å². The average molecular weight is 246 g/mol. The summed E-state index contributed by atoms with van der Waals surface area (Å²) in [5, 5.41) is 6.07. The first-order valence-corrected chi connectivity index (χ1v) is 7.63. The number of thiazole rings is 1. The first-order chi connectivity index (χ1) is 7.08. The predicted octanol–water partition coefficient (Wildman–Crippen LogP) is 0.766. The van der Waals surface area contributed by atoms with Gasteiger partial charge in [-0.05, 0) is 13.0 Å². The molecule has 2 rings (SSSR count). The average Bonchev–Trinajstić information content (AvgIpc) is 2.74. The van der Waals surface area contributed by atoms with Gasteiger partial charge < -0.3 is 5.32 Å². The van der Waals surface area contributed by atoms with E-state index in [1.165, 1.54) is 11.3 Å². The SMILES string of the molecule is CCNC1(c2nccs2)CCS(=O)(=O)C1. The van der Waals surface area contributed by atoms with Gasteiger partial charge in [0.2, 0.25) is 0 Å². The van der Waals surface area contributed by atoms with Gasteiger partial charge in [0.1, 0.15) is 5.01 Å². The standard InChI is InChI=1S/C9H14N2O2S2/c1-2-11-9(8-10-4-5-14-8)3-6-15(12,13)7-9/h4-5,11H,2-3,6-7H2,1H3. The van der Waals surface area contributed by atoms with E-state index in [1.807, 2.05) is 12.3 Å². The fourth-order valence-corrected chi connectivity index (χ4v) is 4.90. The zero-order valence-corrected chi connectivity index (χ0v) is 10.2. The van der Waals surface area contributed by atoms with Crippen LogP contribution in [0.2, 0.25) is 0 Å². The van der Waals surface area contributed by atoms with Crippen molar-refractivity contribution in [3.05, 3.63) is 16.6 Å². The molecule has 0 saturated carbocycles. The maximum absolute atomic E-state index is 11.6. The Balaban J connectivity index is 2.35. The number of aromatic nitrogens is 1. The van der Waals surface area contributed by atoms with Crippen molar-refractivity contribution in [2.24, 2.45) is 0 Å². The Morgan fingerprint density at radius 1 is 1.67 bits per heavy atom. The lowest BCUT2D eigenvalue weighted by Gasteiger charge is -2.26. The van der Waals surface area contributed by atoms with Gasteiger partial charge in [0.15, 0.2) is 9.84 Å². The second kappa shape index (κ2) is 3.84. The number of hydrogen-bond donors (Lipinski definition) is 1. The maximum atomic E-state index is 11.6. The van der Waals surface area contributed by atoms with Crippen LogP contribution in [0.5, 0.6) is 0 Å². The highest BCUT2D eigenvalue weighted by Crippen LogP contribution is 2.34. The van der Waals surface area contributed by atoms with E-state index in [-0.39, 0.29) is 11.5 Å². The molecule has 1 N–H and O–H groups in total. The fraction of sp³-hybridized carbons (Fsp3) is 0.667. The van der Waals surface area contributed by atoms with Crippen molar-refractivity contribution in [3.63, 3.8) is 0 Å². The largest absolute Gasteiger partial charge is 0.305 e. The van der Waals surface area contributed by atoms with E-state index >= 15 is 0 Å². The summed E-state index contributed by atoms with van der Waals surface area (Å²) in [4.78, 5) is 4.25. The molecule has 4 nitrogen and oxygen atoms in total. The molecule has 0 spiro atoms. The highest BCUT2D eigenvalue weighted by Gasteiger charge is 2.44. The Hall–Kier alpha value is -0.460. The van der Waals surface area contributed by atoms with E-state index in [0.29, 0.717) is 6.42 Å². The van der Waals surface area contributed by atoms with Crippen molar-refractivity contribution >= 4 is 21.2 Å². The Morgan fingerprint density at radius 2 is 2.47 bits per heavy atom. The third-order valence-corrected chi connectivity index (χ3v) is 5.40. The number of sulfone groups is 1. The summed E-state index contributed by atoms with van der Waals surface area (Å²) in [5.41, 5.74) is -0.429. The summed E-state index contributed by atoms with van der Waals surface area (Å²) < 4.78 is 23.1. The molecular weight excluding hydrogens is 232 g/mol. The quantitative estimate of drug-likeness (QED) is 0.855. The highest BCUT2D eigenvalue weighted by atomic mass is 32.2. The smallest absolute Gasteiger partial charge is 0.152 e. The van der Waals surface area contributed by atoms with E-state index in [9.17, 15) is 8.42 Å². The van der Waals surface area contributed by atoms with Gasteiger partial charge >= 0.3 is 0 Å². The second-order valence-electron chi connectivity index (χ2n) is 3.79. The van der Waals surface area contributed by atoms with Gasteiger partial charge in [-0.25, -0.2) is 13.4 Å². The third-order valence-electron chi connectivity index (χ3n) is 2.66. The molecule has 6 heteroatoms. The summed E-state index contributed by atoms with van der Waals surface area (Å²) in [7, 11) is -2.90. The minimum absolute atomic E-state index is 0.182. The molecule has 2 heterocycles. The highest BCUT2D eigenvalue weighted by molar-refractivity contribution is 7.91. The van der Waals surface area contributed by atoms with E-state index in [0.717, 1.165) is 11.6 Å². The van der Waals surface area contributed by atoms with Gasteiger partial charge in [-0.1, -0.05) is 6.92 Å². The normalized spacial score (nSPS) is 29.4. The molecule has 1 aliphatic heterocycles. The van der Waals surface area contributed by atoms with Crippen LogP contribution in [0.4, 0.5) is 0 Å². The number of nitrogens with one attached hydrogen (secondary N) is 1. The van der Waals surface area contributed by atoms with Crippen LogP contribution in [0.3, 0.4) is 0 Å². The van der Waals surface area contributed by atoms with Crippen molar-refractivity contribution in [2.45, 2.75) is 18.9 Å². The molecule has 1 aromatic heterocycles. The zero-order valence-electron chi connectivity index (χ0n) is 8.56. The molecule has 1 saturated heterocycles. The van der Waals surface area contributed by atoms with Gasteiger partial charge in [0, 0.05) is 11.6 Å². The summed E-state index contributed by atoms with van der Waals surface area (Å²) in [6, 6.07) is 0. The number of rotatable bonds is 3. The molecule has 0 amide bonds. The number of nitrogens with zero attached hydrogens (tertiary/aromatic N) is 1. The van der Waals surface area contributed by atoms with Gasteiger partial charge in [0.05, 0.1) is 17.0 Å². The molecule has 15 heavy (non-hydrogen) atoms. The lowest BCUT2D eigenvalue weighted by molar-refractivity contribution is 0.383. The first-order valence-electron chi connectivity index (χ1n) is 4.93. The molecular formula is C9H14N2O2S2. The number of hydrogen-bond acceptors (Lipinski definition) is 5. The maximum Gasteiger partial charge on any atom is 0.152 e. The minimum Gasteiger partial charge on any atom is -0.305 e. The van der Waals surface area contributed by atoms with Crippen LogP contribution in [0.1, 0.15) is 18.4 Å². The van der Waals surface area contributed by atoms with Crippen LogP contribution < -0.4 is 5.32 Å². The monoisotopic (exact) mass is 246 g/mol. The van der Waals surface area contributed by atoms with E-state index in [2.05, 4.69) is 10.3 Å².